The minimum absolute atomic E-state index is 0.318. The first-order valence-electron chi connectivity index (χ1n) is 11.3. The number of anilines is 2. The second kappa shape index (κ2) is 9.36. The van der Waals surface area contributed by atoms with E-state index in [0.29, 0.717) is 23.4 Å². The smallest absolute Gasteiger partial charge is 0.341 e. The van der Waals surface area contributed by atoms with E-state index in [2.05, 4.69) is 24.1 Å². The van der Waals surface area contributed by atoms with Gasteiger partial charge >= 0.3 is 11.9 Å². The molecule has 0 radical (unpaired) electrons. The summed E-state index contributed by atoms with van der Waals surface area (Å²) in [6.07, 6.45) is 0. The lowest BCUT2D eigenvalue weighted by molar-refractivity contribution is 0.0212. The number of rotatable bonds is 8. The molecule has 0 amide bonds. The lowest BCUT2D eigenvalue weighted by atomic mass is 9.92. The van der Waals surface area contributed by atoms with Crippen molar-refractivity contribution in [1.82, 2.24) is 0 Å². The van der Waals surface area contributed by atoms with E-state index in [-0.39, 0.29) is 11.9 Å². The number of carbonyl (C=O) groups excluding carboxylic acids is 2. The number of nitrogens with one attached hydrogen (secondary N) is 1. The van der Waals surface area contributed by atoms with E-state index in [4.69, 9.17) is 9.47 Å². The molecule has 3 aromatic carbocycles. The van der Waals surface area contributed by atoms with Crippen molar-refractivity contribution in [2.24, 2.45) is 0 Å². The van der Waals surface area contributed by atoms with Crippen LogP contribution in [0.25, 0.3) is 0 Å². The Kier molecular flexibility index (Phi) is 6.36. The molecule has 0 aromatic heterocycles. The number of hydrogen-bond donors (Lipinski definition) is 1. The van der Waals surface area contributed by atoms with E-state index in [9.17, 15) is 9.59 Å². The number of benzene rings is 3. The normalized spacial score (nSPS) is 16.6. The molecule has 1 aliphatic rings. The predicted octanol–water partition coefficient (Wildman–Crippen LogP) is 5.19. The highest BCUT2D eigenvalue weighted by Gasteiger charge is 2.47. The number of cyclic esters (lactones) is 1. The molecule has 4 rings (SSSR count). The maximum absolute atomic E-state index is 12.8. The van der Waals surface area contributed by atoms with Gasteiger partial charge in [-0.05, 0) is 63.2 Å². The maximum Gasteiger partial charge on any atom is 0.341 e. The van der Waals surface area contributed by atoms with Gasteiger partial charge in [0.15, 0.2) is 0 Å². The van der Waals surface area contributed by atoms with Crippen molar-refractivity contribution in [1.29, 1.82) is 0 Å². The molecule has 0 aliphatic carbocycles. The van der Waals surface area contributed by atoms with Crippen LogP contribution in [0.15, 0.2) is 72.8 Å². The van der Waals surface area contributed by atoms with Gasteiger partial charge in [-0.1, -0.05) is 30.3 Å². The van der Waals surface area contributed by atoms with Crippen LogP contribution in [0.4, 0.5) is 11.4 Å². The lowest BCUT2D eigenvalue weighted by Gasteiger charge is -2.32. The second-order valence-electron chi connectivity index (χ2n) is 7.76. The van der Waals surface area contributed by atoms with Crippen LogP contribution in [0.1, 0.15) is 52.6 Å². The predicted molar refractivity (Wildman–Crippen MR) is 129 cm³/mol. The van der Waals surface area contributed by atoms with Crippen molar-refractivity contribution < 1.29 is 19.1 Å². The van der Waals surface area contributed by atoms with Crippen molar-refractivity contribution in [3.63, 3.8) is 0 Å². The second-order valence-corrected chi connectivity index (χ2v) is 7.76. The third-order valence-corrected chi connectivity index (χ3v) is 5.89. The minimum atomic E-state index is -1.18. The zero-order valence-electron chi connectivity index (χ0n) is 19.1. The molecule has 6 nitrogen and oxygen atoms in total. The Morgan fingerprint density at radius 3 is 2.24 bits per heavy atom. The number of ether oxygens (including phenoxy) is 2. The molecule has 0 fully saturated rings. The summed E-state index contributed by atoms with van der Waals surface area (Å²) in [5.41, 5.74) is 3.19. The Labute approximate surface area is 194 Å². The zero-order chi connectivity index (χ0) is 23.4. The first-order valence-corrected chi connectivity index (χ1v) is 11.3. The summed E-state index contributed by atoms with van der Waals surface area (Å²) in [7, 11) is 0. The molecule has 1 heterocycles. The third kappa shape index (κ3) is 4.16. The molecule has 170 valence electrons. The highest BCUT2D eigenvalue weighted by Crippen LogP contribution is 2.42. The Morgan fingerprint density at radius 2 is 1.61 bits per heavy atom. The van der Waals surface area contributed by atoms with Crippen LogP contribution in [0.5, 0.6) is 0 Å². The van der Waals surface area contributed by atoms with Crippen LogP contribution in [-0.4, -0.2) is 31.6 Å². The van der Waals surface area contributed by atoms with Crippen LogP contribution in [0.2, 0.25) is 0 Å². The van der Waals surface area contributed by atoms with Gasteiger partial charge in [0.2, 0.25) is 5.72 Å². The number of nitrogens with zero attached hydrogens (tertiary/aromatic N) is 1. The Bertz CT molecular complexity index is 1140. The maximum atomic E-state index is 12.8. The molecule has 6 heteroatoms. The topological polar surface area (TPSA) is 67.9 Å². The third-order valence-electron chi connectivity index (χ3n) is 5.89. The van der Waals surface area contributed by atoms with E-state index in [1.807, 2.05) is 42.5 Å². The number of fused-ring (bicyclic) bond motifs is 1. The average molecular weight is 445 g/mol. The molecule has 33 heavy (non-hydrogen) atoms. The molecule has 1 atom stereocenters. The fourth-order valence-electron chi connectivity index (χ4n) is 4.20. The quantitative estimate of drug-likeness (QED) is 0.482. The number of carbonyl (C=O) groups is 2. The highest BCUT2D eigenvalue weighted by atomic mass is 16.6. The molecule has 1 N–H and O–H groups in total. The van der Waals surface area contributed by atoms with Gasteiger partial charge in [-0.2, -0.15) is 0 Å². The summed E-state index contributed by atoms with van der Waals surface area (Å²) in [5.74, 6) is -0.752. The van der Waals surface area contributed by atoms with Crippen LogP contribution >= 0.6 is 0 Å². The summed E-state index contributed by atoms with van der Waals surface area (Å²) in [6.45, 7) is 8.14. The van der Waals surface area contributed by atoms with E-state index in [0.717, 1.165) is 29.9 Å². The van der Waals surface area contributed by atoms with Gasteiger partial charge in [0.05, 0.1) is 17.7 Å². The van der Waals surface area contributed by atoms with Crippen molar-refractivity contribution in [3.8, 4) is 0 Å². The van der Waals surface area contributed by atoms with Crippen LogP contribution in [-0.2, 0) is 15.2 Å². The van der Waals surface area contributed by atoms with Gasteiger partial charge in [-0.3, -0.25) is 0 Å². The Balaban J connectivity index is 1.74. The van der Waals surface area contributed by atoms with Gasteiger partial charge in [0.25, 0.3) is 0 Å². The zero-order valence-corrected chi connectivity index (χ0v) is 19.1. The van der Waals surface area contributed by atoms with E-state index < -0.39 is 5.72 Å². The number of hydrogen-bond acceptors (Lipinski definition) is 6. The van der Waals surface area contributed by atoms with Gasteiger partial charge in [-0.25, -0.2) is 9.59 Å². The Morgan fingerprint density at radius 1 is 0.939 bits per heavy atom. The summed E-state index contributed by atoms with van der Waals surface area (Å²) in [6, 6.07) is 22.4. The summed E-state index contributed by atoms with van der Waals surface area (Å²) >= 11 is 0. The van der Waals surface area contributed by atoms with Crippen molar-refractivity contribution in [2.75, 3.05) is 29.9 Å². The van der Waals surface area contributed by atoms with Gasteiger partial charge < -0.3 is 19.7 Å². The molecular weight excluding hydrogens is 416 g/mol. The van der Waals surface area contributed by atoms with Crippen LogP contribution in [0, 0.1) is 0 Å². The average Bonchev–Trinajstić information content (AvgIpc) is 3.13. The molecule has 0 saturated carbocycles. The summed E-state index contributed by atoms with van der Waals surface area (Å²) in [5, 5.41) is 3.42. The van der Waals surface area contributed by atoms with E-state index in [1.54, 1.807) is 37.3 Å². The minimum Gasteiger partial charge on any atom is -0.462 e. The van der Waals surface area contributed by atoms with Crippen molar-refractivity contribution in [3.05, 3.63) is 95.1 Å². The summed E-state index contributed by atoms with van der Waals surface area (Å²) < 4.78 is 11.1. The molecule has 0 bridgehead atoms. The monoisotopic (exact) mass is 444 g/mol. The molecule has 1 unspecified atom stereocenters. The standard InChI is InChI=1S/C27H28N2O4/c1-4-29(5-2)22-17-13-20(14-18-22)27(24-10-8-7-9-23(24)26(31)33-27)28-21-15-11-19(12-16-21)25(30)32-6-3/h7-18,28H,4-6H2,1-3H3. The van der Waals surface area contributed by atoms with Gasteiger partial charge in [0, 0.05) is 35.6 Å². The van der Waals surface area contributed by atoms with E-state index >= 15 is 0 Å². The first-order chi connectivity index (χ1) is 16.0. The van der Waals surface area contributed by atoms with Crippen LogP contribution in [0.3, 0.4) is 0 Å². The van der Waals surface area contributed by atoms with Gasteiger partial charge in [0.1, 0.15) is 0 Å². The molecule has 0 saturated heterocycles. The summed E-state index contributed by atoms with van der Waals surface area (Å²) in [4.78, 5) is 27.1. The van der Waals surface area contributed by atoms with Gasteiger partial charge in [-0.15, -0.1) is 0 Å². The number of esters is 2. The molecule has 1 aliphatic heterocycles. The SMILES string of the molecule is CCOC(=O)c1ccc(NC2(c3ccc(N(CC)CC)cc3)OC(=O)c3ccccc32)cc1. The molecule has 3 aromatic rings. The fourth-order valence-corrected chi connectivity index (χ4v) is 4.20. The van der Waals surface area contributed by atoms with Crippen molar-refractivity contribution in [2.45, 2.75) is 26.5 Å². The first kappa shape index (κ1) is 22.4. The lowest BCUT2D eigenvalue weighted by Crippen LogP contribution is -2.37. The molecular formula is C27H28N2O4. The Hall–Kier alpha value is -3.80. The fraction of sp³-hybridized carbons (Fsp3) is 0.259. The largest absolute Gasteiger partial charge is 0.462 e. The molecule has 0 spiro atoms. The van der Waals surface area contributed by atoms with Crippen LogP contribution < -0.4 is 10.2 Å². The van der Waals surface area contributed by atoms with E-state index in [1.165, 1.54) is 0 Å². The highest BCUT2D eigenvalue weighted by molar-refractivity contribution is 5.96. The van der Waals surface area contributed by atoms with Crippen molar-refractivity contribution >= 4 is 23.3 Å².